The molecule has 1 aliphatic heterocycles. The van der Waals surface area contributed by atoms with Crippen molar-refractivity contribution in [1.82, 2.24) is 5.06 Å². The molecule has 0 aromatic heterocycles. The van der Waals surface area contributed by atoms with Crippen molar-refractivity contribution in [1.29, 1.82) is 0 Å². The number of hydrogen-bond acceptors (Lipinski definition) is 3. The molecule has 22 heavy (non-hydrogen) atoms. The second kappa shape index (κ2) is 5.77. The van der Waals surface area contributed by atoms with Crippen molar-refractivity contribution in [2.45, 2.75) is 6.42 Å². The molecule has 0 saturated carbocycles. The first-order valence-electron chi connectivity index (χ1n) is 7.21. The molecular formula is C17H18N2O3. The highest BCUT2D eigenvalue weighted by Gasteiger charge is 2.37. The van der Waals surface area contributed by atoms with Gasteiger partial charge in [0.25, 0.3) is 5.91 Å². The van der Waals surface area contributed by atoms with Crippen LogP contribution in [0.1, 0.15) is 6.42 Å². The number of hydroxylamine groups is 2. The Labute approximate surface area is 129 Å². The number of rotatable bonds is 3. The number of carbonyl (C=O) groups is 2. The maximum Gasteiger partial charge on any atom is 0.251 e. The quantitative estimate of drug-likeness (QED) is 0.816. The molecule has 2 aromatic carbocycles. The summed E-state index contributed by atoms with van der Waals surface area (Å²) in [6, 6.07) is 13.8. The third kappa shape index (κ3) is 2.44. The summed E-state index contributed by atoms with van der Waals surface area (Å²) in [5.74, 6) is -0.561. The second-order valence-electron chi connectivity index (χ2n) is 5.42. The summed E-state index contributed by atoms with van der Waals surface area (Å²) in [4.78, 5) is 31.2. The Bertz CT molecular complexity index is 723. The standard InChI is InChI=1S/C17H18N2O3/c1-18(22-2)17(21)13-10-16(20)19(11-13)15-9-5-7-12-6-3-4-8-14(12)15/h3-9,13H,10-11H2,1-2H3/t13-/m1/s1. The maximum atomic E-state index is 12.4. The molecule has 5 heteroatoms. The van der Waals surface area contributed by atoms with Crippen LogP contribution in [0.25, 0.3) is 10.8 Å². The fourth-order valence-corrected chi connectivity index (χ4v) is 2.90. The predicted octanol–water partition coefficient (Wildman–Crippen LogP) is 2.21. The highest BCUT2D eigenvalue weighted by molar-refractivity contribution is 6.06. The highest BCUT2D eigenvalue weighted by Crippen LogP contribution is 2.32. The zero-order chi connectivity index (χ0) is 15.7. The first-order chi connectivity index (χ1) is 10.6. The van der Waals surface area contributed by atoms with E-state index in [9.17, 15) is 9.59 Å². The first kappa shape index (κ1) is 14.5. The van der Waals surface area contributed by atoms with Crippen LogP contribution in [0.15, 0.2) is 42.5 Å². The van der Waals surface area contributed by atoms with Crippen molar-refractivity contribution in [3.05, 3.63) is 42.5 Å². The summed E-state index contributed by atoms with van der Waals surface area (Å²) in [5, 5.41) is 3.29. The summed E-state index contributed by atoms with van der Waals surface area (Å²) in [7, 11) is 3.00. The van der Waals surface area contributed by atoms with Crippen molar-refractivity contribution in [2.75, 3.05) is 25.6 Å². The topological polar surface area (TPSA) is 49.9 Å². The first-order valence-corrected chi connectivity index (χ1v) is 7.21. The molecule has 0 aliphatic carbocycles. The van der Waals surface area contributed by atoms with Gasteiger partial charge in [-0.3, -0.25) is 14.4 Å². The number of fused-ring (bicyclic) bond motifs is 1. The molecule has 1 fully saturated rings. The van der Waals surface area contributed by atoms with E-state index in [1.54, 1.807) is 11.9 Å². The van der Waals surface area contributed by atoms with Gasteiger partial charge in [0.1, 0.15) is 0 Å². The van der Waals surface area contributed by atoms with E-state index in [2.05, 4.69) is 0 Å². The molecule has 5 nitrogen and oxygen atoms in total. The highest BCUT2D eigenvalue weighted by atomic mass is 16.7. The monoisotopic (exact) mass is 298 g/mol. The lowest BCUT2D eigenvalue weighted by Gasteiger charge is -2.20. The van der Waals surface area contributed by atoms with Gasteiger partial charge in [-0.15, -0.1) is 0 Å². The van der Waals surface area contributed by atoms with E-state index in [4.69, 9.17) is 4.84 Å². The van der Waals surface area contributed by atoms with Crippen molar-refractivity contribution < 1.29 is 14.4 Å². The smallest absolute Gasteiger partial charge is 0.251 e. The van der Waals surface area contributed by atoms with E-state index in [1.807, 2.05) is 42.5 Å². The molecule has 1 heterocycles. The second-order valence-corrected chi connectivity index (χ2v) is 5.42. The fourth-order valence-electron chi connectivity index (χ4n) is 2.90. The number of anilines is 1. The Hall–Kier alpha value is -2.40. The van der Waals surface area contributed by atoms with Crippen molar-refractivity contribution >= 4 is 28.3 Å². The molecule has 0 N–H and O–H groups in total. The Morgan fingerprint density at radius 3 is 2.73 bits per heavy atom. The van der Waals surface area contributed by atoms with Crippen LogP contribution in [0.2, 0.25) is 0 Å². The lowest BCUT2D eigenvalue weighted by atomic mass is 10.1. The van der Waals surface area contributed by atoms with E-state index in [0.717, 1.165) is 16.5 Å². The Balaban J connectivity index is 1.92. The minimum absolute atomic E-state index is 0.0285. The molecule has 1 saturated heterocycles. The number of amides is 2. The van der Waals surface area contributed by atoms with E-state index < -0.39 is 0 Å². The normalized spacial score (nSPS) is 18.0. The van der Waals surface area contributed by atoms with Crippen molar-refractivity contribution in [2.24, 2.45) is 5.92 Å². The van der Waals surface area contributed by atoms with Crippen molar-refractivity contribution in [3.63, 3.8) is 0 Å². The van der Waals surface area contributed by atoms with Gasteiger partial charge < -0.3 is 4.90 Å². The van der Waals surface area contributed by atoms with Gasteiger partial charge in [0.15, 0.2) is 0 Å². The van der Waals surface area contributed by atoms with Gasteiger partial charge in [-0.05, 0) is 11.5 Å². The minimum Gasteiger partial charge on any atom is -0.311 e. The summed E-state index contributed by atoms with van der Waals surface area (Å²) < 4.78 is 0. The van der Waals surface area contributed by atoms with Crippen LogP contribution in [0.3, 0.4) is 0 Å². The lowest BCUT2D eigenvalue weighted by Crippen LogP contribution is -2.34. The van der Waals surface area contributed by atoms with Crippen LogP contribution in [-0.4, -0.2) is 37.6 Å². The fraction of sp³-hybridized carbons (Fsp3) is 0.294. The summed E-state index contributed by atoms with van der Waals surface area (Å²) >= 11 is 0. The van der Waals surface area contributed by atoms with Crippen LogP contribution >= 0.6 is 0 Å². The van der Waals surface area contributed by atoms with Crippen molar-refractivity contribution in [3.8, 4) is 0 Å². The van der Waals surface area contributed by atoms with Crippen LogP contribution in [0, 0.1) is 5.92 Å². The molecule has 2 amide bonds. The van der Waals surface area contributed by atoms with Gasteiger partial charge in [-0.2, -0.15) is 0 Å². The number of nitrogens with zero attached hydrogens (tertiary/aromatic N) is 2. The van der Waals surface area contributed by atoms with Gasteiger partial charge in [-0.25, -0.2) is 5.06 Å². The van der Waals surface area contributed by atoms with Crippen LogP contribution in [0.4, 0.5) is 5.69 Å². The molecule has 0 unspecified atom stereocenters. The minimum atomic E-state index is -0.364. The largest absolute Gasteiger partial charge is 0.311 e. The third-order valence-corrected chi connectivity index (χ3v) is 4.12. The summed E-state index contributed by atoms with van der Waals surface area (Å²) in [6.45, 7) is 0.388. The number of carbonyl (C=O) groups excluding carboxylic acids is 2. The van der Waals surface area contributed by atoms with E-state index in [0.29, 0.717) is 6.54 Å². The number of hydrogen-bond donors (Lipinski definition) is 0. The van der Waals surface area contributed by atoms with Crippen LogP contribution in [0.5, 0.6) is 0 Å². The average molecular weight is 298 g/mol. The molecule has 2 aromatic rings. The molecule has 0 bridgehead atoms. The van der Waals surface area contributed by atoms with Gasteiger partial charge in [0.05, 0.1) is 18.7 Å². The zero-order valence-corrected chi connectivity index (χ0v) is 12.7. The van der Waals surface area contributed by atoms with E-state index >= 15 is 0 Å². The Kier molecular flexibility index (Phi) is 3.81. The van der Waals surface area contributed by atoms with Gasteiger partial charge in [0, 0.05) is 25.4 Å². The molecule has 0 radical (unpaired) electrons. The predicted molar refractivity (Wildman–Crippen MR) is 84.2 cm³/mol. The SMILES string of the molecule is CON(C)C(=O)[C@@H]1CC(=O)N(c2cccc3ccccc23)C1. The number of benzene rings is 2. The summed E-state index contributed by atoms with van der Waals surface area (Å²) in [5.41, 5.74) is 0.860. The van der Waals surface area contributed by atoms with Crippen LogP contribution < -0.4 is 4.90 Å². The Morgan fingerprint density at radius 2 is 1.95 bits per heavy atom. The van der Waals surface area contributed by atoms with Crippen LogP contribution in [-0.2, 0) is 14.4 Å². The molecule has 0 spiro atoms. The maximum absolute atomic E-state index is 12.4. The zero-order valence-electron chi connectivity index (χ0n) is 12.7. The third-order valence-electron chi connectivity index (χ3n) is 4.12. The molecule has 1 atom stereocenters. The molecule has 114 valence electrons. The van der Waals surface area contributed by atoms with Gasteiger partial charge in [-0.1, -0.05) is 36.4 Å². The molecule has 3 rings (SSSR count). The van der Waals surface area contributed by atoms with E-state index in [-0.39, 0.29) is 24.2 Å². The summed E-state index contributed by atoms with van der Waals surface area (Å²) in [6.07, 6.45) is 0.218. The Morgan fingerprint density at radius 1 is 1.23 bits per heavy atom. The average Bonchev–Trinajstić information content (AvgIpc) is 2.94. The van der Waals surface area contributed by atoms with Gasteiger partial charge >= 0.3 is 0 Å². The lowest BCUT2D eigenvalue weighted by molar-refractivity contribution is -0.172. The molecular weight excluding hydrogens is 280 g/mol. The molecule has 1 aliphatic rings. The van der Waals surface area contributed by atoms with Gasteiger partial charge in [0.2, 0.25) is 5.91 Å². The van der Waals surface area contributed by atoms with E-state index in [1.165, 1.54) is 12.2 Å².